The van der Waals surface area contributed by atoms with Crippen LogP contribution >= 0.6 is 11.8 Å². The topological polar surface area (TPSA) is 206 Å². The van der Waals surface area contributed by atoms with Gasteiger partial charge in [-0.1, -0.05) is 46.5 Å². The lowest BCUT2D eigenvalue weighted by Gasteiger charge is -2.16. The predicted molar refractivity (Wildman–Crippen MR) is 225 cm³/mol. The van der Waals surface area contributed by atoms with Gasteiger partial charge in [-0.05, 0) is 73.6 Å². The summed E-state index contributed by atoms with van der Waals surface area (Å²) >= 11 is 1.84. The van der Waals surface area contributed by atoms with Gasteiger partial charge in [-0.3, -0.25) is 9.59 Å². The maximum atomic E-state index is 13.5. The number of esters is 3. The Kier molecular flexibility index (Phi) is 20.7. The van der Waals surface area contributed by atoms with E-state index in [0.717, 1.165) is 50.7 Å². The van der Waals surface area contributed by atoms with Crippen molar-refractivity contribution >= 4 is 47.5 Å². The number of ether oxygens (including phenoxy) is 6. The molecule has 4 rings (SSSR count). The molecule has 0 bridgehead atoms. The molecule has 2 fully saturated rings. The molecule has 2 aliphatic rings. The second kappa shape index (κ2) is 26.1. The maximum Gasteiger partial charge on any atom is 0.344 e. The second-order valence-corrected chi connectivity index (χ2v) is 15.8. The quantitative estimate of drug-likeness (QED) is 0.0382. The van der Waals surface area contributed by atoms with E-state index < -0.39 is 30.4 Å². The van der Waals surface area contributed by atoms with Crippen LogP contribution in [0.3, 0.4) is 0 Å². The summed E-state index contributed by atoms with van der Waals surface area (Å²) in [7, 11) is 0. The van der Waals surface area contributed by atoms with Crippen LogP contribution in [-0.4, -0.2) is 112 Å². The summed E-state index contributed by atoms with van der Waals surface area (Å²) in [4.78, 5) is 74.8. The Morgan fingerprint density at radius 2 is 1.17 bits per heavy atom. The summed E-state index contributed by atoms with van der Waals surface area (Å²) in [5, 5.41) is 11.9. The van der Waals surface area contributed by atoms with E-state index in [2.05, 4.69) is 21.3 Å². The highest BCUT2D eigenvalue weighted by Gasteiger charge is 2.42. The molecular weight excluding hydrogens is 797 g/mol. The minimum atomic E-state index is -0.566. The highest BCUT2D eigenvalue weighted by molar-refractivity contribution is 8.00. The zero-order chi connectivity index (χ0) is 43.1. The Labute approximate surface area is 356 Å². The first-order chi connectivity index (χ1) is 29.1. The summed E-state index contributed by atoms with van der Waals surface area (Å²) in [6, 6.07) is 9.71. The zero-order valence-electron chi connectivity index (χ0n) is 34.9. The second-order valence-electron chi connectivity index (χ2n) is 14.5. The van der Waals surface area contributed by atoms with Crippen LogP contribution < -0.4 is 35.5 Å². The average molecular weight is 857 g/mol. The molecule has 60 heavy (non-hydrogen) atoms. The number of thioether (sulfide) groups is 1. The number of hydrogen-bond acceptors (Lipinski definition) is 13. The Morgan fingerprint density at radius 3 is 1.72 bits per heavy atom. The van der Waals surface area contributed by atoms with Crippen molar-refractivity contribution < 1.29 is 57.2 Å². The van der Waals surface area contributed by atoms with Crippen molar-refractivity contribution in [1.82, 2.24) is 21.3 Å². The number of carbonyl (C=O) groups excluding carboxylic acids is 6. The molecule has 16 nitrogen and oxygen atoms in total. The van der Waals surface area contributed by atoms with Crippen molar-refractivity contribution in [3.8, 4) is 28.4 Å². The van der Waals surface area contributed by atoms with Crippen LogP contribution in [0.5, 0.6) is 17.2 Å². The summed E-state index contributed by atoms with van der Waals surface area (Å²) in [5.41, 5.74) is 1.14. The fourth-order valence-corrected chi connectivity index (χ4v) is 7.81. The molecule has 2 saturated heterocycles. The fourth-order valence-electron chi connectivity index (χ4n) is 6.27. The third-order valence-corrected chi connectivity index (χ3v) is 11.1. The molecule has 0 aromatic heterocycles. The standard InChI is InChI=1S/C43H60N4O12S/c1-4-7-16-54-38(49)25-57-32-20-29(30-21-33(58-26-39(50)55-17-8-5-2)24-34(22-30)59-27-40(51)56-18-9-6-3)19-31(23-32)42(52)45-15-14-44-37(48)13-11-10-12-36-41-35(28-60-36)46-43(53)47-41/h19-24,35-36,41H,4-18,25-28H2,1-3H3,(H,44,48)(H,45,52)(H2,46,47,53)/t35-,36-,41-/m0/s1. The Morgan fingerprint density at radius 1 is 0.650 bits per heavy atom. The number of hydrogen-bond donors (Lipinski definition) is 4. The molecule has 0 aliphatic carbocycles. The predicted octanol–water partition coefficient (Wildman–Crippen LogP) is 5.09. The van der Waals surface area contributed by atoms with E-state index in [1.54, 1.807) is 24.3 Å². The van der Waals surface area contributed by atoms with E-state index in [4.69, 9.17) is 28.4 Å². The molecule has 3 atom stereocenters. The van der Waals surface area contributed by atoms with Gasteiger partial charge < -0.3 is 49.7 Å². The number of unbranched alkanes of at least 4 members (excludes halogenated alkanes) is 4. The fraction of sp³-hybridized carbons (Fsp3) is 0.581. The number of carbonyl (C=O) groups is 6. The smallest absolute Gasteiger partial charge is 0.344 e. The molecule has 2 aliphatic heterocycles. The van der Waals surface area contributed by atoms with Gasteiger partial charge in [0.05, 0.1) is 31.9 Å². The molecule has 330 valence electrons. The first-order valence-electron chi connectivity index (χ1n) is 21.0. The van der Waals surface area contributed by atoms with Gasteiger partial charge in [-0.15, -0.1) is 0 Å². The zero-order valence-corrected chi connectivity index (χ0v) is 35.8. The van der Waals surface area contributed by atoms with Gasteiger partial charge in [0.1, 0.15) is 17.2 Å². The molecule has 0 saturated carbocycles. The van der Waals surface area contributed by atoms with Gasteiger partial charge >= 0.3 is 23.9 Å². The van der Waals surface area contributed by atoms with Crippen molar-refractivity contribution in [1.29, 1.82) is 0 Å². The number of rotatable bonds is 28. The van der Waals surface area contributed by atoms with Gasteiger partial charge in [0.25, 0.3) is 5.91 Å². The van der Waals surface area contributed by atoms with E-state index in [9.17, 15) is 28.8 Å². The van der Waals surface area contributed by atoms with Crippen molar-refractivity contribution in [3.05, 3.63) is 42.0 Å². The van der Waals surface area contributed by atoms with Crippen LogP contribution in [0.1, 0.15) is 95.3 Å². The van der Waals surface area contributed by atoms with E-state index in [0.29, 0.717) is 35.6 Å². The average Bonchev–Trinajstić information content (AvgIpc) is 3.80. The van der Waals surface area contributed by atoms with Crippen LogP contribution in [0.2, 0.25) is 0 Å². The van der Waals surface area contributed by atoms with E-state index in [1.165, 1.54) is 12.1 Å². The number of amides is 4. The van der Waals surface area contributed by atoms with Crippen LogP contribution in [-0.2, 0) is 33.4 Å². The van der Waals surface area contributed by atoms with Gasteiger partial charge in [0.2, 0.25) is 5.91 Å². The van der Waals surface area contributed by atoms with E-state index in [1.807, 2.05) is 32.5 Å². The van der Waals surface area contributed by atoms with Crippen LogP contribution in [0.25, 0.3) is 11.1 Å². The SMILES string of the molecule is CCCCOC(=O)COc1cc(OCC(=O)OCCCC)cc(-c2cc(OCC(=O)OCCCC)cc(C(=O)NCCNC(=O)CCCC[C@@H]3SC[C@@H]4NC(=O)N[C@@H]43)c2)c1. The third kappa shape index (κ3) is 16.8. The van der Waals surface area contributed by atoms with Crippen molar-refractivity contribution in [2.45, 2.75) is 102 Å². The first-order valence-corrected chi connectivity index (χ1v) is 22.0. The molecule has 4 N–H and O–H groups in total. The van der Waals surface area contributed by atoms with Crippen LogP contribution in [0.15, 0.2) is 36.4 Å². The third-order valence-electron chi connectivity index (χ3n) is 9.55. The lowest BCUT2D eigenvalue weighted by molar-refractivity contribution is -0.147. The molecule has 2 aromatic rings. The molecule has 17 heteroatoms. The van der Waals surface area contributed by atoms with Crippen LogP contribution in [0.4, 0.5) is 4.79 Å². The van der Waals surface area contributed by atoms with Gasteiger partial charge in [0, 0.05) is 42.1 Å². The molecule has 4 amide bonds. The lowest BCUT2D eigenvalue weighted by Crippen LogP contribution is -2.36. The normalized spacial score (nSPS) is 16.4. The van der Waals surface area contributed by atoms with Crippen molar-refractivity contribution in [3.63, 3.8) is 0 Å². The molecule has 2 aromatic carbocycles. The van der Waals surface area contributed by atoms with Gasteiger partial charge in [0.15, 0.2) is 19.8 Å². The molecule has 0 spiro atoms. The van der Waals surface area contributed by atoms with Gasteiger partial charge in [-0.2, -0.15) is 11.8 Å². The number of fused-ring (bicyclic) bond motifs is 1. The summed E-state index contributed by atoms with van der Waals surface area (Å²) in [6.07, 6.45) is 7.56. The minimum absolute atomic E-state index is 0.114. The molecule has 0 radical (unpaired) electrons. The maximum absolute atomic E-state index is 13.5. The van der Waals surface area contributed by atoms with Crippen LogP contribution in [0, 0.1) is 0 Å². The highest BCUT2D eigenvalue weighted by Crippen LogP contribution is 2.34. The monoisotopic (exact) mass is 856 g/mol. The Balaban J connectivity index is 1.42. The number of benzene rings is 2. The largest absolute Gasteiger partial charge is 0.482 e. The number of urea groups is 1. The molecular formula is C43H60N4O12S. The Hall–Kier alpha value is -5.19. The number of nitrogens with one attached hydrogen (secondary N) is 4. The lowest BCUT2D eigenvalue weighted by atomic mass is 10.0. The molecule has 0 unspecified atom stereocenters. The van der Waals surface area contributed by atoms with E-state index >= 15 is 0 Å². The summed E-state index contributed by atoms with van der Waals surface area (Å²) in [5.74, 6) is -0.707. The summed E-state index contributed by atoms with van der Waals surface area (Å²) < 4.78 is 33.1. The summed E-state index contributed by atoms with van der Waals surface area (Å²) in [6.45, 7) is 5.95. The van der Waals surface area contributed by atoms with Crippen molar-refractivity contribution in [2.24, 2.45) is 0 Å². The Bertz CT molecular complexity index is 1700. The first kappa shape index (κ1) is 47.5. The van der Waals surface area contributed by atoms with Gasteiger partial charge in [-0.25, -0.2) is 19.2 Å². The van der Waals surface area contributed by atoms with E-state index in [-0.39, 0.29) is 93.0 Å². The minimum Gasteiger partial charge on any atom is -0.482 e. The highest BCUT2D eigenvalue weighted by atomic mass is 32.2. The molecule has 2 heterocycles. The van der Waals surface area contributed by atoms with Crippen molar-refractivity contribution in [2.75, 3.05) is 58.5 Å².